The maximum atomic E-state index is 12.4. The summed E-state index contributed by atoms with van der Waals surface area (Å²) in [6.45, 7) is 0. The zero-order valence-corrected chi connectivity index (χ0v) is 9.96. The predicted octanol–water partition coefficient (Wildman–Crippen LogP) is 1.65. The number of carbonyl (C=O) groups excluding carboxylic acids is 2. The van der Waals surface area contributed by atoms with Crippen LogP contribution in [0.1, 0.15) is 20.7 Å². The third-order valence-corrected chi connectivity index (χ3v) is 3.12. The SMILES string of the molecule is Nc1ccccc1N1C(=O)c2cccc(N)c2C1=O. The highest BCUT2D eigenvalue weighted by Gasteiger charge is 2.38. The summed E-state index contributed by atoms with van der Waals surface area (Å²) >= 11 is 0. The maximum absolute atomic E-state index is 12.4. The molecule has 19 heavy (non-hydrogen) atoms. The number of nitrogens with zero attached hydrogens (tertiary/aromatic N) is 1. The maximum Gasteiger partial charge on any atom is 0.268 e. The number of para-hydroxylation sites is 2. The molecule has 0 bridgehead atoms. The molecule has 0 saturated heterocycles. The third-order valence-electron chi connectivity index (χ3n) is 3.12. The second-order valence-electron chi connectivity index (χ2n) is 4.27. The van der Waals surface area contributed by atoms with Crippen molar-refractivity contribution in [1.29, 1.82) is 0 Å². The van der Waals surface area contributed by atoms with Gasteiger partial charge in [0.2, 0.25) is 0 Å². The monoisotopic (exact) mass is 253 g/mol. The first-order valence-electron chi connectivity index (χ1n) is 5.73. The molecule has 0 fully saturated rings. The second kappa shape index (κ2) is 3.84. The lowest BCUT2D eigenvalue weighted by molar-refractivity contribution is 0.0926. The quantitative estimate of drug-likeness (QED) is 0.597. The van der Waals surface area contributed by atoms with Crippen molar-refractivity contribution in [3.8, 4) is 0 Å². The van der Waals surface area contributed by atoms with E-state index in [-0.39, 0.29) is 5.56 Å². The number of benzene rings is 2. The standard InChI is InChI=1S/C14H11N3O2/c15-9-5-1-2-7-11(9)17-13(18)8-4-3-6-10(16)12(8)14(17)19/h1-7H,15-16H2. The van der Waals surface area contributed by atoms with Gasteiger partial charge in [-0.3, -0.25) is 9.59 Å². The average molecular weight is 253 g/mol. The van der Waals surface area contributed by atoms with Gasteiger partial charge in [-0.25, -0.2) is 4.90 Å². The molecule has 0 radical (unpaired) electrons. The Bertz CT molecular complexity index is 710. The van der Waals surface area contributed by atoms with Gasteiger partial charge in [-0.15, -0.1) is 0 Å². The molecular formula is C14H11N3O2. The van der Waals surface area contributed by atoms with Gasteiger partial charge < -0.3 is 11.5 Å². The molecule has 0 saturated carbocycles. The number of rotatable bonds is 1. The average Bonchev–Trinajstić information content (AvgIpc) is 2.64. The topological polar surface area (TPSA) is 89.4 Å². The Labute approximate surface area is 109 Å². The van der Waals surface area contributed by atoms with E-state index in [9.17, 15) is 9.59 Å². The number of imide groups is 1. The van der Waals surface area contributed by atoms with Crippen LogP contribution in [0.3, 0.4) is 0 Å². The van der Waals surface area contributed by atoms with E-state index in [1.807, 2.05) is 0 Å². The van der Waals surface area contributed by atoms with Crippen LogP contribution in [0.25, 0.3) is 0 Å². The number of hydrogen-bond acceptors (Lipinski definition) is 4. The lowest BCUT2D eigenvalue weighted by atomic mass is 10.1. The summed E-state index contributed by atoms with van der Waals surface area (Å²) < 4.78 is 0. The van der Waals surface area contributed by atoms with E-state index >= 15 is 0 Å². The number of carbonyl (C=O) groups is 2. The van der Waals surface area contributed by atoms with Crippen LogP contribution in [0.5, 0.6) is 0 Å². The summed E-state index contributed by atoms with van der Waals surface area (Å²) in [6.07, 6.45) is 0. The normalized spacial score (nSPS) is 13.8. The Morgan fingerprint density at radius 1 is 0.789 bits per heavy atom. The number of hydrogen-bond donors (Lipinski definition) is 2. The van der Waals surface area contributed by atoms with Gasteiger partial charge in [0.05, 0.1) is 22.5 Å². The first-order valence-corrected chi connectivity index (χ1v) is 5.73. The minimum absolute atomic E-state index is 0.246. The second-order valence-corrected chi connectivity index (χ2v) is 4.27. The molecular weight excluding hydrogens is 242 g/mol. The van der Waals surface area contributed by atoms with Crippen molar-refractivity contribution in [2.75, 3.05) is 16.4 Å². The fourth-order valence-corrected chi connectivity index (χ4v) is 2.22. The van der Waals surface area contributed by atoms with Gasteiger partial charge in [0.15, 0.2) is 0 Å². The predicted molar refractivity (Wildman–Crippen MR) is 72.8 cm³/mol. The zero-order valence-electron chi connectivity index (χ0n) is 9.96. The molecule has 1 heterocycles. The molecule has 5 nitrogen and oxygen atoms in total. The first kappa shape index (κ1) is 11.3. The molecule has 0 aromatic heterocycles. The highest BCUT2D eigenvalue weighted by atomic mass is 16.2. The number of amides is 2. The van der Waals surface area contributed by atoms with E-state index in [2.05, 4.69) is 0 Å². The molecule has 0 atom stereocenters. The summed E-state index contributed by atoms with van der Waals surface area (Å²) in [5.74, 6) is -0.832. The van der Waals surface area contributed by atoms with Crippen molar-refractivity contribution in [2.45, 2.75) is 0 Å². The molecule has 1 aliphatic rings. The summed E-state index contributed by atoms with van der Waals surface area (Å²) in [4.78, 5) is 25.7. The van der Waals surface area contributed by atoms with Crippen molar-refractivity contribution < 1.29 is 9.59 Å². The van der Waals surface area contributed by atoms with Crippen LogP contribution >= 0.6 is 0 Å². The molecule has 2 aromatic rings. The Morgan fingerprint density at radius 2 is 1.47 bits per heavy atom. The van der Waals surface area contributed by atoms with Gasteiger partial charge in [0, 0.05) is 5.69 Å². The highest BCUT2D eigenvalue weighted by molar-refractivity contribution is 6.36. The Morgan fingerprint density at radius 3 is 2.16 bits per heavy atom. The van der Waals surface area contributed by atoms with E-state index in [0.717, 1.165) is 4.90 Å². The van der Waals surface area contributed by atoms with Crippen LogP contribution in [0, 0.1) is 0 Å². The molecule has 94 valence electrons. The van der Waals surface area contributed by atoms with Gasteiger partial charge in [-0.05, 0) is 24.3 Å². The summed E-state index contributed by atoms with van der Waals surface area (Å²) in [5, 5.41) is 0. The van der Waals surface area contributed by atoms with E-state index < -0.39 is 11.8 Å². The fraction of sp³-hybridized carbons (Fsp3) is 0. The number of fused-ring (bicyclic) bond motifs is 1. The van der Waals surface area contributed by atoms with Crippen LogP contribution in [-0.2, 0) is 0 Å². The fourth-order valence-electron chi connectivity index (χ4n) is 2.22. The summed E-state index contributed by atoms with van der Waals surface area (Å²) in [5.41, 5.74) is 13.2. The molecule has 0 aliphatic carbocycles. The van der Waals surface area contributed by atoms with Gasteiger partial charge >= 0.3 is 0 Å². The van der Waals surface area contributed by atoms with Crippen molar-refractivity contribution in [3.05, 3.63) is 53.6 Å². The lowest BCUT2D eigenvalue weighted by Crippen LogP contribution is -2.30. The highest BCUT2D eigenvalue weighted by Crippen LogP contribution is 2.33. The summed E-state index contributed by atoms with van der Waals surface area (Å²) in [6, 6.07) is 11.6. The smallest absolute Gasteiger partial charge is 0.268 e. The van der Waals surface area contributed by atoms with Crippen molar-refractivity contribution >= 4 is 28.9 Å². The summed E-state index contributed by atoms with van der Waals surface area (Å²) in [7, 11) is 0. The van der Waals surface area contributed by atoms with Gasteiger partial charge in [-0.1, -0.05) is 18.2 Å². The third kappa shape index (κ3) is 1.48. The minimum Gasteiger partial charge on any atom is -0.398 e. The van der Waals surface area contributed by atoms with E-state index in [1.165, 1.54) is 0 Å². The molecule has 3 rings (SSSR count). The van der Waals surface area contributed by atoms with Crippen LogP contribution in [0.2, 0.25) is 0 Å². The van der Waals surface area contributed by atoms with Crippen LogP contribution < -0.4 is 16.4 Å². The number of nitrogen functional groups attached to an aromatic ring is 2. The lowest BCUT2D eigenvalue weighted by Gasteiger charge is -2.15. The van der Waals surface area contributed by atoms with E-state index in [0.29, 0.717) is 22.6 Å². The zero-order chi connectivity index (χ0) is 13.6. The molecule has 0 unspecified atom stereocenters. The molecule has 0 spiro atoms. The van der Waals surface area contributed by atoms with E-state index in [1.54, 1.807) is 42.5 Å². The molecule has 5 heteroatoms. The van der Waals surface area contributed by atoms with Crippen molar-refractivity contribution in [3.63, 3.8) is 0 Å². The molecule has 2 amide bonds. The molecule has 4 N–H and O–H groups in total. The molecule has 2 aromatic carbocycles. The van der Waals surface area contributed by atoms with Crippen LogP contribution in [-0.4, -0.2) is 11.8 Å². The van der Waals surface area contributed by atoms with Crippen LogP contribution in [0.15, 0.2) is 42.5 Å². The van der Waals surface area contributed by atoms with Gasteiger partial charge in [0.1, 0.15) is 0 Å². The van der Waals surface area contributed by atoms with Gasteiger partial charge in [-0.2, -0.15) is 0 Å². The molecule has 1 aliphatic heterocycles. The Kier molecular flexibility index (Phi) is 2.28. The Hall–Kier alpha value is -2.82. The number of nitrogens with two attached hydrogens (primary N) is 2. The Balaban J connectivity index is 2.19. The van der Waals surface area contributed by atoms with E-state index in [4.69, 9.17) is 11.5 Å². The largest absolute Gasteiger partial charge is 0.398 e. The number of anilines is 3. The first-order chi connectivity index (χ1) is 9.11. The van der Waals surface area contributed by atoms with Crippen LogP contribution in [0.4, 0.5) is 17.1 Å². The van der Waals surface area contributed by atoms with Crippen molar-refractivity contribution in [2.24, 2.45) is 0 Å². The minimum atomic E-state index is -0.434. The van der Waals surface area contributed by atoms with Crippen molar-refractivity contribution in [1.82, 2.24) is 0 Å². The van der Waals surface area contributed by atoms with Gasteiger partial charge in [0.25, 0.3) is 11.8 Å².